The predicted molar refractivity (Wildman–Crippen MR) is 201 cm³/mol. The molecule has 0 radical (unpaired) electrons. The number of allylic oxidation sites excluding steroid dienone is 2. The maximum absolute atomic E-state index is 13.4. The number of ether oxygens (including phenoxy) is 4. The number of carbonyl (C=O) groups is 1. The molecule has 0 unspecified atom stereocenters. The van der Waals surface area contributed by atoms with E-state index in [0.717, 1.165) is 72.5 Å². The molecule has 0 bridgehead atoms. The van der Waals surface area contributed by atoms with Crippen LogP contribution in [-0.2, 0) is 4.79 Å². The van der Waals surface area contributed by atoms with Gasteiger partial charge in [-0.25, -0.2) is 0 Å². The van der Waals surface area contributed by atoms with E-state index >= 15 is 0 Å². The molecule has 3 fully saturated rings. The van der Waals surface area contributed by atoms with Crippen LogP contribution in [0.2, 0.25) is 0 Å². The van der Waals surface area contributed by atoms with Crippen molar-refractivity contribution in [3.05, 3.63) is 58.7 Å². The summed E-state index contributed by atoms with van der Waals surface area (Å²) in [5.41, 5.74) is 3.52. The SMILES string of the molecule is COc1cc(/C=C2\CC/C(=C\c3ccc(OCCCN4CCCCCC4)c(OC)c3)C2=O)ccc1OCCCN1CCCCCC1.Cl.Cl. The van der Waals surface area contributed by atoms with Gasteiger partial charge in [-0.2, -0.15) is 0 Å². The minimum absolute atomic E-state index is 0. The first-order valence-corrected chi connectivity index (χ1v) is 17.6. The van der Waals surface area contributed by atoms with Crippen molar-refractivity contribution in [2.75, 3.05) is 66.7 Å². The van der Waals surface area contributed by atoms with Gasteiger partial charge < -0.3 is 28.7 Å². The molecule has 0 spiro atoms. The Hall–Kier alpha value is -2.71. The van der Waals surface area contributed by atoms with Crippen LogP contribution in [0.15, 0.2) is 47.5 Å². The third kappa shape index (κ3) is 12.0. The van der Waals surface area contributed by atoms with Crippen LogP contribution in [0.4, 0.5) is 0 Å². The van der Waals surface area contributed by atoms with Crippen molar-refractivity contribution in [3.8, 4) is 23.0 Å². The molecule has 0 N–H and O–H groups in total. The number of hydrogen-bond donors (Lipinski definition) is 0. The van der Waals surface area contributed by atoms with Gasteiger partial charge in [-0.1, -0.05) is 37.8 Å². The fourth-order valence-electron chi connectivity index (χ4n) is 6.83. The molecule has 266 valence electrons. The molecule has 0 amide bonds. The van der Waals surface area contributed by atoms with Crippen molar-refractivity contribution >= 4 is 42.7 Å². The zero-order chi connectivity index (χ0) is 32.0. The lowest BCUT2D eigenvalue weighted by molar-refractivity contribution is -0.111. The van der Waals surface area contributed by atoms with E-state index in [1.165, 1.54) is 77.5 Å². The molecule has 0 aromatic heterocycles. The molecular formula is C39H56Cl2N2O5. The van der Waals surface area contributed by atoms with Crippen LogP contribution < -0.4 is 18.9 Å². The third-order valence-corrected chi connectivity index (χ3v) is 9.45. The molecule has 1 saturated carbocycles. The summed E-state index contributed by atoms with van der Waals surface area (Å²) >= 11 is 0. The number of ketones is 1. The first-order valence-electron chi connectivity index (χ1n) is 17.6. The number of hydrogen-bond acceptors (Lipinski definition) is 7. The fraction of sp³-hybridized carbons (Fsp3) is 0.564. The van der Waals surface area contributed by atoms with Crippen molar-refractivity contribution in [2.24, 2.45) is 0 Å². The summed E-state index contributed by atoms with van der Waals surface area (Å²) in [6.45, 7) is 8.30. The van der Waals surface area contributed by atoms with Gasteiger partial charge in [-0.3, -0.25) is 4.79 Å². The minimum Gasteiger partial charge on any atom is -0.493 e. The number of benzene rings is 2. The van der Waals surface area contributed by atoms with Gasteiger partial charge in [0.2, 0.25) is 0 Å². The van der Waals surface area contributed by atoms with E-state index in [1.807, 2.05) is 48.6 Å². The van der Waals surface area contributed by atoms with Gasteiger partial charge in [0.05, 0.1) is 27.4 Å². The molecule has 48 heavy (non-hydrogen) atoms. The van der Waals surface area contributed by atoms with Crippen molar-refractivity contribution in [2.45, 2.75) is 77.0 Å². The number of nitrogens with zero attached hydrogens (tertiary/aromatic N) is 2. The Labute approximate surface area is 300 Å². The predicted octanol–water partition coefficient (Wildman–Crippen LogP) is 8.67. The first kappa shape index (κ1) is 39.7. The summed E-state index contributed by atoms with van der Waals surface area (Å²) in [7, 11) is 3.33. The Morgan fingerprint density at radius 2 is 0.979 bits per heavy atom. The number of Topliss-reactive ketones (excluding diaryl/α,β-unsaturated/α-hetero) is 1. The molecule has 2 aromatic rings. The highest BCUT2D eigenvalue weighted by molar-refractivity contribution is 6.15. The molecule has 2 heterocycles. The van der Waals surface area contributed by atoms with Crippen LogP contribution in [0.25, 0.3) is 12.2 Å². The normalized spacial score (nSPS) is 19.2. The van der Waals surface area contributed by atoms with E-state index in [2.05, 4.69) is 9.80 Å². The largest absolute Gasteiger partial charge is 0.493 e. The Morgan fingerprint density at radius 3 is 1.35 bits per heavy atom. The van der Waals surface area contributed by atoms with Crippen LogP contribution in [0, 0.1) is 0 Å². The Kier molecular flexibility index (Phi) is 17.7. The molecule has 0 atom stereocenters. The lowest BCUT2D eigenvalue weighted by atomic mass is 10.1. The summed E-state index contributed by atoms with van der Waals surface area (Å²) in [4.78, 5) is 18.5. The van der Waals surface area contributed by atoms with Crippen molar-refractivity contribution < 1.29 is 23.7 Å². The third-order valence-electron chi connectivity index (χ3n) is 9.45. The van der Waals surface area contributed by atoms with E-state index < -0.39 is 0 Å². The second kappa shape index (κ2) is 21.4. The summed E-state index contributed by atoms with van der Waals surface area (Å²) < 4.78 is 23.5. The van der Waals surface area contributed by atoms with E-state index in [-0.39, 0.29) is 30.6 Å². The number of carbonyl (C=O) groups excluding carboxylic acids is 1. The van der Waals surface area contributed by atoms with Crippen molar-refractivity contribution in [1.29, 1.82) is 0 Å². The van der Waals surface area contributed by atoms with Gasteiger partial charge in [0.1, 0.15) is 0 Å². The van der Waals surface area contributed by atoms with Crippen molar-refractivity contribution in [3.63, 3.8) is 0 Å². The topological polar surface area (TPSA) is 60.5 Å². The van der Waals surface area contributed by atoms with Gasteiger partial charge in [0.25, 0.3) is 0 Å². The highest BCUT2D eigenvalue weighted by Gasteiger charge is 2.23. The maximum Gasteiger partial charge on any atom is 0.185 e. The molecule has 2 aliphatic heterocycles. The summed E-state index contributed by atoms with van der Waals surface area (Å²) in [6.07, 6.45) is 18.1. The second-order valence-corrected chi connectivity index (χ2v) is 12.9. The monoisotopic (exact) mass is 702 g/mol. The molecule has 9 heteroatoms. The molecule has 5 rings (SSSR count). The lowest BCUT2D eigenvalue weighted by Crippen LogP contribution is -2.26. The lowest BCUT2D eigenvalue weighted by Gasteiger charge is -2.19. The highest BCUT2D eigenvalue weighted by Crippen LogP contribution is 2.34. The molecule has 1 aliphatic carbocycles. The Balaban J connectivity index is 0.00000312. The minimum atomic E-state index is 0. The Bertz CT molecular complexity index is 1230. The van der Waals surface area contributed by atoms with Crippen LogP contribution >= 0.6 is 24.8 Å². The first-order chi connectivity index (χ1) is 22.6. The molecule has 2 aromatic carbocycles. The second-order valence-electron chi connectivity index (χ2n) is 12.9. The molecule has 7 nitrogen and oxygen atoms in total. The number of methoxy groups -OCH3 is 2. The van der Waals surface area contributed by atoms with E-state index in [4.69, 9.17) is 18.9 Å². The zero-order valence-corrected chi connectivity index (χ0v) is 30.6. The quantitative estimate of drug-likeness (QED) is 0.144. The summed E-state index contributed by atoms with van der Waals surface area (Å²) in [6, 6.07) is 11.8. The Morgan fingerprint density at radius 1 is 0.583 bits per heavy atom. The molecule has 3 aliphatic rings. The summed E-state index contributed by atoms with van der Waals surface area (Å²) in [5.74, 6) is 2.99. The maximum atomic E-state index is 13.4. The highest BCUT2D eigenvalue weighted by atomic mass is 35.5. The number of likely N-dealkylation sites (tertiary alicyclic amines) is 2. The van der Waals surface area contributed by atoms with Crippen LogP contribution in [0.1, 0.15) is 88.2 Å². The van der Waals surface area contributed by atoms with Gasteiger partial charge >= 0.3 is 0 Å². The van der Waals surface area contributed by atoms with Crippen LogP contribution in [0.3, 0.4) is 0 Å². The smallest absolute Gasteiger partial charge is 0.185 e. The van der Waals surface area contributed by atoms with Gasteiger partial charge in [0, 0.05) is 24.2 Å². The van der Waals surface area contributed by atoms with Gasteiger partial charge in [-0.05, 0) is 125 Å². The average Bonchev–Trinajstić information content (AvgIpc) is 3.32. The van der Waals surface area contributed by atoms with E-state index in [1.54, 1.807) is 14.2 Å². The van der Waals surface area contributed by atoms with Crippen molar-refractivity contribution in [1.82, 2.24) is 9.80 Å². The fourth-order valence-corrected chi connectivity index (χ4v) is 6.83. The molecular weight excluding hydrogens is 647 g/mol. The van der Waals surface area contributed by atoms with E-state index in [0.29, 0.717) is 24.7 Å². The van der Waals surface area contributed by atoms with Gasteiger partial charge in [-0.15, -0.1) is 24.8 Å². The number of rotatable bonds is 14. The van der Waals surface area contributed by atoms with Crippen LogP contribution in [-0.4, -0.2) is 82.3 Å². The molecule has 2 saturated heterocycles. The number of halogens is 2. The average molecular weight is 704 g/mol. The zero-order valence-electron chi connectivity index (χ0n) is 29.0. The summed E-state index contributed by atoms with van der Waals surface area (Å²) in [5, 5.41) is 0. The van der Waals surface area contributed by atoms with E-state index in [9.17, 15) is 4.79 Å². The standard InChI is InChI=1S/C39H54N2O5.2ClH/c1-43-37-29-31(13-17-35(37)45-25-11-23-40-19-7-3-4-8-20-40)27-33-15-16-34(39(33)42)28-32-14-18-36(38(30-32)44-2)46-26-12-24-41-21-9-5-6-10-22-41;;/h13-14,17-18,27-30H,3-12,15-16,19-26H2,1-2H3;2*1H/b33-27+,34-28+;;. The van der Waals surface area contributed by atoms with Gasteiger partial charge in [0.15, 0.2) is 28.8 Å². The van der Waals surface area contributed by atoms with Crippen LogP contribution in [0.5, 0.6) is 23.0 Å².